The quantitative estimate of drug-likeness (QED) is 0.559. The Bertz CT molecular complexity index is 999. The fraction of sp³-hybridized carbons (Fsp3) is 0.522. The highest BCUT2D eigenvalue weighted by Crippen LogP contribution is 2.32. The average molecular weight is 484 g/mol. The number of benzene rings is 1. The van der Waals surface area contributed by atoms with Crippen LogP contribution in [0.1, 0.15) is 47.6 Å². The van der Waals surface area contributed by atoms with Gasteiger partial charge in [0.25, 0.3) is 0 Å². The highest BCUT2D eigenvalue weighted by Gasteiger charge is 2.34. The number of carbonyl (C=O) groups is 1. The number of aliphatic hydroxyl groups excluding tert-OH is 1. The molecule has 2 atom stereocenters. The van der Waals surface area contributed by atoms with Gasteiger partial charge in [0, 0.05) is 32.9 Å². The number of nitrogens with zero attached hydrogens (tertiary/aromatic N) is 3. The largest absolute Gasteiger partial charge is 0.419 e. The van der Waals surface area contributed by atoms with Crippen LogP contribution in [0.5, 0.6) is 0 Å². The van der Waals surface area contributed by atoms with Gasteiger partial charge in [-0.3, -0.25) is 0 Å². The molecule has 1 aromatic carbocycles. The third-order valence-corrected chi connectivity index (χ3v) is 5.92. The number of hydrogen-bond acceptors (Lipinski definition) is 5. The zero-order chi connectivity index (χ0) is 24.9. The summed E-state index contributed by atoms with van der Waals surface area (Å²) in [5.74, 6) is -0.760. The number of methoxy groups -OCH3 is 1. The molecule has 186 valence electrons. The number of alkyl halides is 3. The lowest BCUT2D eigenvalue weighted by Gasteiger charge is -2.30. The Morgan fingerprint density at radius 1 is 1.35 bits per heavy atom. The van der Waals surface area contributed by atoms with E-state index < -0.39 is 29.6 Å². The van der Waals surface area contributed by atoms with E-state index in [0.717, 1.165) is 24.1 Å². The van der Waals surface area contributed by atoms with E-state index in [2.05, 4.69) is 15.3 Å². The molecule has 34 heavy (non-hydrogen) atoms. The van der Waals surface area contributed by atoms with Crippen molar-refractivity contribution in [2.75, 3.05) is 26.9 Å². The highest BCUT2D eigenvalue weighted by atomic mass is 19.4. The second kappa shape index (κ2) is 11.1. The molecule has 0 fully saturated rings. The van der Waals surface area contributed by atoms with Gasteiger partial charge in [0.1, 0.15) is 11.6 Å². The molecule has 0 unspecified atom stereocenters. The number of urea groups is 1. The van der Waals surface area contributed by atoms with Gasteiger partial charge in [0.15, 0.2) is 0 Å². The van der Waals surface area contributed by atoms with E-state index in [1.165, 1.54) is 12.0 Å². The third-order valence-electron chi connectivity index (χ3n) is 5.92. The molecule has 0 saturated carbocycles. The van der Waals surface area contributed by atoms with Crippen LogP contribution in [0, 0.1) is 11.7 Å². The summed E-state index contributed by atoms with van der Waals surface area (Å²) < 4.78 is 57.8. The molecule has 0 saturated heterocycles. The Hall–Kier alpha value is -2.79. The summed E-state index contributed by atoms with van der Waals surface area (Å²) in [7, 11) is 1.38. The summed E-state index contributed by atoms with van der Waals surface area (Å²) in [5, 5.41) is 12.2. The summed E-state index contributed by atoms with van der Waals surface area (Å²) in [5.41, 5.74) is 0.442. The minimum atomic E-state index is -4.81. The maximum atomic E-state index is 14.1. The van der Waals surface area contributed by atoms with Gasteiger partial charge in [-0.1, -0.05) is 19.4 Å². The van der Waals surface area contributed by atoms with E-state index in [1.807, 2.05) is 6.92 Å². The molecule has 0 radical (unpaired) electrons. The van der Waals surface area contributed by atoms with E-state index >= 15 is 0 Å². The van der Waals surface area contributed by atoms with E-state index in [0.29, 0.717) is 37.0 Å². The van der Waals surface area contributed by atoms with Crippen LogP contribution < -0.4 is 5.32 Å². The number of ether oxygens (including phenoxy) is 1. The summed E-state index contributed by atoms with van der Waals surface area (Å²) in [6.45, 7) is 2.60. The first-order chi connectivity index (χ1) is 16.2. The number of nitrogens with one attached hydrogen (secondary N) is 1. The van der Waals surface area contributed by atoms with E-state index in [9.17, 15) is 27.5 Å². The number of carbonyl (C=O) groups excluding carboxylic acids is 1. The number of aliphatic hydroxyl groups is 1. The van der Waals surface area contributed by atoms with Crippen LogP contribution >= 0.6 is 0 Å². The molecule has 3 rings (SSSR count). The van der Waals surface area contributed by atoms with Crippen molar-refractivity contribution in [1.82, 2.24) is 20.2 Å². The molecular weight excluding hydrogens is 456 g/mol. The summed E-state index contributed by atoms with van der Waals surface area (Å²) in [6, 6.07) is 1.25. The number of aromatic nitrogens is 2. The van der Waals surface area contributed by atoms with Crippen molar-refractivity contribution in [3.63, 3.8) is 0 Å². The number of fused-ring (bicyclic) bond motifs is 1. The van der Waals surface area contributed by atoms with Crippen LogP contribution in [0.15, 0.2) is 24.4 Å². The van der Waals surface area contributed by atoms with Crippen molar-refractivity contribution >= 4 is 6.03 Å². The summed E-state index contributed by atoms with van der Waals surface area (Å²) in [6.07, 6.45) is -1.20. The van der Waals surface area contributed by atoms with E-state index in [4.69, 9.17) is 4.74 Å². The molecule has 7 nitrogen and oxygen atoms in total. The number of halogens is 4. The SMILES string of the molecule is CC[C@@H](CO)Cc1ncc2c(n1)CN(C(=O)N[C@H](COC)c1ccc(C(F)(F)F)c(F)c1)CC2. The lowest BCUT2D eigenvalue weighted by atomic mass is 10.0. The lowest BCUT2D eigenvalue weighted by molar-refractivity contribution is -0.140. The maximum absolute atomic E-state index is 14.1. The Kier molecular flexibility index (Phi) is 8.42. The lowest BCUT2D eigenvalue weighted by Crippen LogP contribution is -2.45. The van der Waals surface area contributed by atoms with Gasteiger partial charge >= 0.3 is 12.2 Å². The fourth-order valence-corrected chi connectivity index (χ4v) is 3.82. The van der Waals surface area contributed by atoms with Crippen LogP contribution in [0.3, 0.4) is 0 Å². The number of hydrogen-bond donors (Lipinski definition) is 2. The Labute approximate surface area is 195 Å². The van der Waals surface area contributed by atoms with Crippen molar-refractivity contribution in [3.8, 4) is 0 Å². The number of rotatable bonds is 8. The molecule has 1 aromatic heterocycles. The second-order valence-electron chi connectivity index (χ2n) is 8.29. The smallest absolute Gasteiger partial charge is 0.396 e. The minimum Gasteiger partial charge on any atom is -0.396 e. The molecule has 1 aliphatic heterocycles. The van der Waals surface area contributed by atoms with Crippen molar-refractivity contribution < 1.29 is 32.2 Å². The molecule has 2 N–H and O–H groups in total. The Morgan fingerprint density at radius 3 is 2.74 bits per heavy atom. The first-order valence-electron chi connectivity index (χ1n) is 11.0. The standard InChI is InChI=1S/C23H28F4N4O3/c1-3-14(12-32)8-21-28-10-16-6-7-31(11-19(16)29-21)22(33)30-20(13-34-2)15-4-5-17(18(24)9-15)23(25,26)27/h4-5,9-10,14,20,32H,3,6-8,11-13H2,1-2H3,(H,30,33)/t14-,20-/m1/s1. The van der Waals surface area contributed by atoms with Crippen LogP contribution in [0.2, 0.25) is 0 Å². The van der Waals surface area contributed by atoms with Gasteiger partial charge in [0.2, 0.25) is 0 Å². The summed E-state index contributed by atoms with van der Waals surface area (Å²) >= 11 is 0. The van der Waals surface area contributed by atoms with Crippen LogP contribution in [0.25, 0.3) is 0 Å². The Morgan fingerprint density at radius 2 is 2.12 bits per heavy atom. The molecule has 1 aliphatic rings. The van der Waals surface area contributed by atoms with Gasteiger partial charge in [-0.2, -0.15) is 13.2 Å². The Balaban J connectivity index is 1.72. The first-order valence-corrected chi connectivity index (χ1v) is 11.0. The highest BCUT2D eigenvalue weighted by molar-refractivity contribution is 5.75. The average Bonchev–Trinajstić information content (AvgIpc) is 2.80. The zero-order valence-electron chi connectivity index (χ0n) is 19.0. The van der Waals surface area contributed by atoms with E-state index in [1.54, 1.807) is 6.20 Å². The van der Waals surface area contributed by atoms with Gasteiger partial charge in [-0.05, 0) is 35.6 Å². The molecule has 0 spiro atoms. The molecule has 2 aromatic rings. The van der Waals surface area contributed by atoms with Crippen molar-refractivity contribution in [3.05, 3.63) is 58.4 Å². The van der Waals surface area contributed by atoms with Crippen molar-refractivity contribution in [2.45, 2.75) is 44.9 Å². The topological polar surface area (TPSA) is 87.6 Å². The van der Waals surface area contributed by atoms with Gasteiger partial charge in [0.05, 0.1) is 30.5 Å². The molecule has 11 heteroatoms. The van der Waals surface area contributed by atoms with Gasteiger partial charge in [-0.25, -0.2) is 19.2 Å². The second-order valence-corrected chi connectivity index (χ2v) is 8.29. The molecule has 0 aliphatic carbocycles. The fourth-order valence-electron chi connectivity index (χ4n) is 3.82. The first kappa shape index (κ1) is 25.8. The van der Waals surface area contributed by atoms with Crippen molar-refractivity contribution in [2.24, 2.45) is 5.92 Å². The zero-order valence-corrected chi connectivity index (χ0v) is 19.0. The predicted molar refractivity (Wildman–Crippen MR) is 115 cm³/mol. The van der Waals surface area contributed by atoms with E-state index in [-0.39, 0.29) is 31.2 Å². The molecule has 2 amide bonds. The predicted octanol–water partition coefficient (Wildman–Crippen LogP) is 3.65. The molecular formula is C23H28F4N4O3. The summed E-state index contributed by atoms with van der Waals surface area (Å²) in [4.78, 5) is 23.4. The van der Waals surface area contributed by atoms with Crippen LogP contribution in [-0.4, -0.2) is 52.9 Å². The van der Waals surface area contributed by atoms with Gasteiger partial charge < -0.3 is 20.1 Å². The molecule has 2 heterocycles. The third kappa shape index (κ3) is 6.20. The number of amides is 2. The van der Waals surface area contributed by atoms with Crippen LogP contribution in [-0.2, 0) is 30.3 Å². The van der Waals surface area contributed by atoms with Crippen molar-refractivity contribution in [1.29, 1.82) is 0 Å². The van der Waals surface area contributed by atoms with Gasteiger partial charge in [-0.15, -0.1) is 0 Å². The molecule has 0 bridgehead atoms. The maximum Gasteiger partial charge on any atom is 0.419 e. The monoisotopic (exact) mass is 484 g/mol. The minimum absolute atomic E-state index is 0.0386. The normalized spacial score (nSPS) is 15.6. The van der Waals surface area contributed by atoms with Crippen LogP contribution in [0.4, 0.5) is 22.4 Å².